The molecular formula is C25H18Cl2O3. The third kappa shape index (κ3) is 4.59. The van der Waals surface area contributed by atoms with Gasteiger partial charge in [-0.1, -0.05) is 71.7 Å². The van der Waals surface area contributed by atoms with Crippen LogP contribution in [0.2, 0.25) is 10.0 Å². The molecular weight excluding hydrogens is 419 g/mol. The number of rotatable bonds is 6. The molecule has 0 aliphatic rings. The first-order valence-electron chi connectivity index (χ1n) is 9.40. The molecule has 0 saturated carbocycles. The Hall–Kier alpha value is -3.01. The van der Waals surface area contributed by atoms with Gasteiger partial charge in [0.2, 0.25) is 0 Å². The summed E-state index contributed by atoms with van der Waals surface area (Å²) < 4.78 is 5.57. The van der Waals surface area contributed by atoms with Crippen LogP contribution in [-0.4, -0.2) is 17.7 Å². The van der Waals surface area contributed by atoms with Crippen molar-refractivity contribution in [2.45, 2.75) is 6.42 Å². The highest BCUT2D eigenvalue weighted by molar-refractivity contribution is 6.35. The molecule has 0 aromatic heterocycles. The number of carboxylic acids is 1. The fraction of sp³-hybridized carbons (Fsp3) is 0.0800. The Labute approximate surface area is 184 Å². The van der Waals surface area contributed by atoms with Crippen LogP contribution < -0.4 is 4.74 Å². The molecule has 0 spiro atoms. The fourth-order valence-corrected chi connectivity index (χ4v) is 4.08. The van der Waals surface area contributed by atoms with Gasteiger partial charge in [-0.25, -0.2) is 4.79 Å². The summed E-state index contributed by atoms with van der Waals surface area (Å²) in [5.74, 6) is -0.473. The Bertz CT molecular complexity index is 1210. The van der Waals surface area contributed by atoms with E-state index >= 15 is 0 Å². The van der Waals surface area contributed by atoms with Crippen LogP contribution >= 0.6 is 23.2 Å². The summed E-state index contributed by atoms with van der Waals surface area (Å²) in [6.45, 7) is -0.398. The summed E-state index contributed by atoms with van der Waals surface area (Å²) in [5.41, 5.74) is 3.84. The summed E-state index contributed by atoms with van der Waals surface area (Å²) in [6, 6.07) is 25.4. The molecule has 150 valence electrons. The molecule has 0 atom stereocenters. The van der Waals surface area contributed by atoms with Crippen LogP contribution in [0, 0.1) is 0 Å². The van der Waals surface area contributed by atoms with Crippen molar-refractivity contribution in [1.82, 2.24) is 0 Å². The largest absolute Gasteiger partial charge is 0.482 e. The number of hydrogen-bond donors (Lipinski definition) is 1. The molecule has 4 rings (SSSR count). The summed E-state index contributed by atoms with van der Waals surface area (Å²) in [4.78, 5) is 11.0. The topological polar surface area (TPSA) is 46.5 Å². The van der Waals surface area contributed by atoms with Gasteiger partial charge in [-0.05, 0) is 63.4 Å². The minimum Gasteiger partial charge on any atom is -0.482 e. The van der Waals surface area contributed by atoms with E-state index in [-0.39, 0.29) is 0 Å². The molecule has 1 N–H and O–H groups in total. The number of ether oxygens (including phenoxy) is 1. The second kappa shape index (κ2) is 8.78. The highest BCUT2D eigenvalue weighted by Crippen LogP contribution is 2.33. The van der Waals surface area contributed by atoms with Crippen LogP contribution in [-0.2, 0) is 11.2 Å². The van der Waals surface area contributed by atoms with Gasteiger partial charge in [0, 0.05) is 16.5 Å². The molecule has 5 heteroatoms. The minimum atomic E-state index is -1.02. The maximum atomic E-state index is 11.0. The monoisotopic (exact) mass is 436 g/mol. The second-order valence-electron chi connectivity index (χ2n) is 6.98. The summed E-state index contributed by atoms with van der Waals surface area (Å²) in [6.07, 6.45) is 0.596. The molecule has 4 aromatic rings. The van der Waals surface area contributed by atoms with Gasteiger partial charge in [-0.3, -0.25) is 0 Å². The van der Waals surface area contributed by atoms with Gasteiger partial charge in [0.1, 0.15) is 5.75 Å². The van der Waals surface area contributed by atoms with Gasteiger partial charge >= 0.3 is 5.97 Å². The SMILES string of the molecule is O=C(O)COc1ccc(-c2cc(Cl)cc(Cl)c2)cc1Cc1cccc2ccccc12. The molecule has 0 heterocycles. The van der Waals surface area contributed by atoms with Crippen LogP contribution in [0.1, 0.15) is 11.1 Å². The lowest BCUT2D eigenvalue weighted by molar-refractivity contribution is -0.139. The second-order valence-corrected chi connectivity index (χ2v) is 7.85. The van der Waals surface area contributed by atoms with Crippen molar-refractivity contribution in [3.63, 3.8) is 0 Å². The zero-order chi connectivity index (χ0) is 21.1. The predicted molar refractivity (Wildman–Crippen MR) is 122 cm³/mol. The summed E-state index contributed by atoms with van der Waals surface area (Å²) in [7, 11) is 0. The van der Waals surface area contributed by atoms with Gasteiger partial charge in [-0.15, -0.1) is 0 Å². The Morgan fingerprint density at radius 3 is 2.30 bits per heavy atom. The molecule has 0 aliphatic heterocycles. The van der Waals surface area contributed by atoms with E-state index in [1.807, 2.05) is 42.5 Å². The fourth-order valence-electron chi connectivity index (χ4n) is 3.55. The number of aliphatic carboxylic acids is 1. The average Bonchev–Trinajstić information content (AvgIpc) is 2.72. The Morgan fingerprint density at radius 2 is 1.53 bits per heavy atom. The lowest BCUT2D eigenvalue weighted by atomic mass is 9.95. The number of benzene rings is 4. The molecule has 0 saturated heterocycles. The van der Waals surface area contributed by atoms with Crippen LogP contribution in [0.15, 0.2) is 78.9 Å². The first-order chi connectivity index (χ1) is 14.5. The van der Waals surface area contributed by atoms with E-state index in [1.54, 1.807) is 12.1 Å². The molecule has 4 aromatic carbocycles. The van der Waals surface area contributed by atoms with E-state index in [2.05, 4.69) is 24.3 Å². The van der Waals surface area contributed by atoms with Crippen LogP contribution in [0.4, 0.5) is 0 Å². The molecule has 0 amide bonds. The Balaban J connectivity index is 1.79. The van der Waals surface area contributed by atoms with E-state index in [0.29, 0.717) is 22.2 Å². The molecule has 0 fully saturated rings. The van der Waals surface area contributed by atoms with Gasteiger partial charge in [0.05, 0.1) is 0 Å². The van der Waals surface area contributed by atoms with Crippen molar-refractivity contribution in [2.75, 3.05) is 6.61 Å². The van der Waals surface area contributed by atoms with Gasteiger partial charge in [0.15, 0.2) is 6.61 Å². The Kier molecular flexibility index (Phi) is 5.93. The van der Waals surface area contributed by atoms with Crippen molar-refractivity contribution >= 4 is 39.9 Å². The van der Waals surface area contributed by atoms with Crippen LogP contribution in [0.25, 0.3) is 21.9 Å². The molecule has 0 radical (unpaired) electrons. The van der Waals surface area contributed by atoms with E-state index in [4.69, 9.17) is 33.0 Å². The minimum absolute atomic E-state index is 0.398. The number of hydrogen-bond acceptors (Lipinski definition) is 2. The zero-order valence-electron chi connectivity index (χ0n) is 15.9. The van der Waals surface area contributed by atoms with Crippen molar-refractivity contribution in [3.05, 3.63) is 100 Å². The van der Waals surface area contributed by atoms with Gasteiger partial charge in [0.25, 0.3) is 0 Å². The highest BCUT2D eigenvalue weighted by Gasteiger charge is 2.12. The lowest BCUT2D eigenvalue weighted by Gasteiger charge is -2.14. The van der Waals surface area contributed by atoms with Crippen molar-refractivity contribution in [2.24, 2.45) is 0 Å². The van der Waals surface area contributed by atoms with Crippen molar-refractivity contribution in [1.29, 1.82) is 0 Å². The molecule has 0 unspecified atom stereocenters. The third-order valence-corrected chi connectivity index (χ3v) is 5.30. The van der Waals surface area contributed by atoms with Gasteiger partial charge in [-0.2, -0.15) is 0 Å². The first-order valence-corrected chi connectivity index (χ1v) is 10.2. The van der Waals surface area contributed by atoms with Crippen LogP contribution in [0.5, 0.6) is 5.75 Å². The quantitative estimate of drug-likeness (QED) is 0.358. The number of carbonyl (C=O) groups is 1. The van der Waals surface area contributed by atoms with Crippen LogP contribution in [0.3, 0.4) is 0 Å². The van der Waals surface area contributed by atoms with Crippen molar-refractivity contribution < 1.29 is 14.6 Å². The molecule has 0 bridgehead atoms. The molecule has 0 aliphatic carbocycles. The van der Waals surface area contributed by atoms with Gasteiger partial charge < -0.3 is 9.84 Å². The number of fused-ring (bicyclic) bond motifs is 1. The smallest absolute Gasteiger partial charge is 0.341 e. The maximum absolute atomic E-state index is 11.0. The normalized spacial score (nSPS) is 10.9. The number of halogens is 2. The van der Waals surface area contributed by atoms with E-state index in [9.17, 15) is 4.79 Å². The summed E-state index contributed by atoms with van der Waals surface area (Å²) >= 11 is 12.4. The maximum Gasteiger partial charge on any atom is 0.341 e. The van der Waals surface area contributed by atoms with Crippen molar-refractivity contribution in [3.8, 4) is 16.9 Å². The third-order valence-electron chi connectivity index (χ3n) is 4.87. The lowest BCUT2D eigenvalue weighted by Crippen LogP contribution is -2.10. The zero-order valence-corrected chi connectivity index (χ0v) is 17.5. The standard InChI is InChI=1S/C25H18Cl2O3/c26-21-12-19(13-22(27)14-21)17-8-9-24(30-15-25(28)29)20(10-17)11-18-6-3-5-16-4-1-2-7-23(16)18/h1-10,12-14H,11,15H2,(H,28,29). The van der Waals surface area contributed by atoms with E-state index in [0.717, 1.165) is 33.0 Å². The molecule has 30 heavy (non-hydrogen) atoms. The predicted octanol–water partition coefficient (Wildman–Crippen LogP) is 6.87. The summed E-state index contributed by atoms with van der Waals surface area (Å²) in [5, 5.41) is 12.5. The van der Waals surface area contributed by atoms with E-state index in [1.165, 1.54) is 0 Å². The number of carboxylic acid groups (broad SMARTS) is 1. The Morgan fingerprint density at radius 1 is 0.800 bits per heavy atom. The molecule has 3 nitrogen and oxygen atoms in total. The highest BCUT2D eigenvalue weighted by atomic mass is 35.5. The van der Waals surface area contributed by atoms with E-state index < -0.39 is 12.6 Å². The average molecular weight is 437 g/mol. The first kappa shape index (κ1) is 20.3.